The van der Waals surface area contributed by atoms with E-state index in [1.54, 1.807) is 0 Å². The van der Waals surface area contributed by atoms with Crippen molar-refractivity contribution in [3.8, 4) is 0 Å². The smallest absolute Gasteiger partial charge is 0.317 e. The van der Waals surface area contributed by atoms with Gasteiger partial charge >= 0.3 is 6.03 Å². The van der Waals surface area contributed by atoms with Crippen molar-refractivity contribution in [1.29, 1.82) is 0 Å². The second-order valence-corrected chi connectivity index (χ2v) is 6.75. The summed E-state index contributed by atoms with van der Waals surface area (Å²) in [6.07, 6.45) is 11.0. The van der Waals surface area contributed by atoms with Crippen LogP contribution in [0.15, 0.2) is 0 Å². The van der Waals surface area contributed by atoms with Gasteiger partial charge in [-0.3, -0.25) is 0 Å². The van der Waals surface area contributed by atoms with Crippen molar-refractivity contribution in [2.75, 3.05) is 19.8 Å². The van der Waals surface area contributed by atoms with Crippen molar-refractivity contribution < 1.29 is 9.53 Å². The first-order valence-corrected chi connectivity index (χ1v) is 8.48. The van der Waals surface area contributed by atoms with Gasteiger partial charge in [-0.15, -0.1) is 0 Å². The zero-order chi connectivity index (χ0) is 13.8. The Hall–Kier alpha value is -0.770. The maximum atomic E-state index is 12.6. The number of urea groups is 1. The maximum Gasteiger partial charge on any atom is 0.317 e. The van der Waals surface area contributed by atoms with Gasteiger partial charge in [0.25, 0.3) is 0 Å². The molecular formula is C16H28N2O2. The van der Waals surface area contributed by atoms with Crippen LogP contribution in [0.2, 0.25) is 0 Å². The maximum absolute atomic E-state index is 12.6. The van der Waals surface area contributed by atoms with Crippen molar-refractivity contribution in [2.24, 2.45) is 5.92 Å². The summed E-state index contributed by atoms with van der Waals surface area (Å²) in [5, 5.41) is 3.30. The van der Waals surface area contributed by atoms with Gasteiger partial charge in [0.05, 0.1) is 6.61 Å². The van der Waals surface area contributed by atoms with E-state index in [2.05, 4.69) is 10.2 Å². The second-order valence-electron chi connectivity index (χ2n) is 6.75. The molecule has 3 aliphatic rings. The number of rotatable bonds is 4. The van der Waals surface area contributed by atoms with Crippen LogP contribution in [0.1, 0.15) is 57.8 Å². The largest absolute Gasteiger partial charge is 0.381 e. The minimum Gasteiger partial charge on any atom is -0.381 e. The highest BCUT2D eigenvalue weighted by atomic mass is 16.5. The van der Waals surface area contributed by atoms with E-state index in [0.29, 0.717) is 18.0 Å². The van der Waals surface area contributed by atoms with E-state index in [1.165, 1.54) is 38.5 Å². The molecule has 3 fully saturated rings. The highest BCUT2D eigenvalue weighted by Gasteiger charge is 2.35. The fraction of sp³-hybridized carbons (Fsp3) is 0.938. The monoisotopic (exact) mass is 280 g/mol. The summed E-state index contributed by atoms with van der Waals surface area (Å²) in [5.74, 6) is 0.551. The van der Waals surface area contributed by atoms with Crippen LogP contribution < -0.4 is 5.32 Å². The van der Waals surface area contributed by atoms with Crippen LogP contribution in [0.25, 0.3) is 0 Å². The van der Waals surface area contributed by atoms with Crippen LogP contribution in [0, 0.1) is 5.92 Å². The third-order valence-corrected chi connectivity index (χ3v) is 4.91. The van der Waals surface area contributed by atoms with Crippen LogP contribution in [-0.2, 0) is 4.74 Å². The predicted molar refractivity (Wildman–Crippen MR) is 78.7 cm³/mol. The molecule has 20 heavy (non-hydrogen) atoms. The zero-order valence-electron chi connectivity index (χ0n) is 12.5. The number of nitrogens with one attached hydrogen (secondary N) is 1. The summed E-state index contributed by atoms with van der Waals surface area (Å²) in [5.41, 5.74) is 0. The van der Waals surface area contributed by atoms with Gasteiger partial charge in [-0.05, 0) is 32.1 Å². The molecule has 2 saturated carbocycles. The van der Waals surface area contributed by atoms with E-state index in [-0.39, 0.29) is 6.03 Å². The quantitative estimate of drug-likeness (QED) is 0.805. The fourth-order valence-corrected chi connectivity index (χ4v) is 3.47. The van der Waals surface area contributed by atoms with Gasteiger partial charge in [0.1, 0.15) is 0 Å². The average Bonchev–Trinajstić information content (AvgIpc) is 3.21. The topological polar surface area (TPSA) is 41.6 Å². The molecular weight excluding hydrogens is 252 g/mol. The number of carbonyl (C=O) groups is 1. The van der Waals surface area contributed by atoms with E-state index in [9.17, 15) is 4.79 Å². The highest BCUT2D eigenvalue weighted by molar-refractivity contribution is 5.75. The minimum atomic E-state index is 0.186. The lowest BCUT2D eigenvalue weighted by Gasteiger charge is -2.28. The highest BCUT2D eigenvalue weighted by Crippen LogP contribution is 2.29. The van der Waals surface area contributed by atoms with Crippen molar-refractivity contribution in [3.05, 3.63) is 0 Å². The number of hydrogen-bond donors (Lipinski definition) is 1. The average molecular weight is 280 g/mol. The Kier molecular flexibility index (Phi) is 4.81. The molecule has 4 heteroatoms. The Morgan fingerprint density at radius 1 is 1.05 bits per heavy atom. The molecule has 1 unspecified atom stereocenters. The summed E-state index contributed by atoms with van der Waals surface area (Å²) in [7, 11) is 0. The first-order chi connectivity index (χ1) is 9.83. The number of carbonyl (C=O) groups excluding carboxylic acids is 1. The zero-order valence-corrected chi connectivity index (χ0v) is 12.5. The predicted octanol–water partition coefficient (Wildman–Crippen LogP) is 2.92. The van der Waals surface area contributed by atoms with Crippen molar-refractivity contribution in [3.63, 3.8) is 0 Å². The SMILES string of the molecule is O=C(NC1CCCCCC1)N(CC1CCOC1)C1CC1. The van der Waals surface area contributed by atoms with E-state index in [4.69, 9.17) is 4.74 Å². The van der Waals surface area contributed by atoms with Crippen LogP contribution >= 0.6 is 0 Å². The van der Waals surface area contributed by atoms with Crippen molar-refractivity contribution >= 4 is 6.03 Å². The molecule has 1 saturated heterocycles. The van der Waals surface area contributed by atoms with Gasteiger partial charge < -0.3 is 15.0 Å². The standard InChI is InChI=1S/C16H28N2O2/c19-16(17-14-5-3-1-2-4-6-14)18(15-7-8-15)11-13-9-10-20-12-13/h13-15H,1-12H2,(H,17,19). The van der Waals surface area contributed by atoms with Gasteiger partial charge in [-0.1, -0.05) is 25.7 Å². The molecule has 0 bridgehead atoms. The van der Waals surface area contributed by atoms with Crippen LogP contribution in [0.3, 0.4) is 0 Å². The molecule has 2 amide bonds. The molecule has 1 N–H and O–H groups in total. The lowest BCUT2D eigenvalue weighted by molar-refractivity contribution is 0.160. The van der Waals surface area contributed by atoms with Gasteiger partial charge in [-0.2, -0.15) is 0 Å². The Labute approximate surface area is 122 Å². The van der Waals surface area contributed by atoms with Crippen LogP contribution in [0.5, 0.6) is 0 Å². The molecule has 3 rings (SSSR count). The van der Waals surface area contributed by atoms with Gasteiger partial charge in [0.2, 0.25) is 0 Å². The molecule has 0 aromatic rings. The molecule has 0 aromatic carbocycles. The molecule has 0 radical (unpaired) electrons. The molecule has 114 valence electrons. The van der Waals surface area contributed by atoms with E-state index >= 15 is 0 Å². The first kappa shape index (κ1) is 14.2. The molecule has 1 heterocycles. The molecule has 2 aliphatic carbocycles. The third-order valence-electron chi connectivity index (χ3n) is 4.91. The van der Waals surface area contributed by atoms with Gasteiger partial charge in [-0.25, -0.2) is 4.79 Å². The summed E-state index contributed by atoms with van der Waals surface area (Å²) in [6.45, 7) is 2.59. The third kappa shape index (κ3) is 3.87. The number of nitrogens with zero attached hydrogens (tertiary/aromatic N) is 1. The first-order valence-electron chi connectivity index (χ1n) is 8.48. The van der Waals surface area contributed by atoms with E-state index in [0.717, 1.165) is 39.0 Å². The van der Waals surface area contributed by atoms with Crippen LogP contribution in [0.4, 0.5) is 4.79 Å². The Morgan fingerprint density at radius 3 is 2.40 bits per heavy atom. The Balaban J connectivity index is 1.51. The molecule has 0 spiro atoms. The lowest BCUT2D eigenvalue weighted by Crippen LogP contribution is -2.47. The summed E-state index contributed by atoms with van der Waals surface area (Å²) in [6, 6.07) is 1.10. The fourth-order valence-electron chi connectivity index (χ4n) is 3.47. The van der Waals surface area contributed by atoms with Crippen molar-refractivity contribution in [1.82, 2.24) is 10.2 Å². The number of amides is 2. The van der Waals surface area contributed by atoms with Gasteiger partial charge in [0, 0.05) is 31.2 Å². The lowest BCUT2D eigenvalue weighted by atomic mass is 10.1. The van der Waals surface area contributed by atoms with Gasteiger partial charge in [0.15, 0.2) is 0 Å². The summed E-state index contributed by atoms with van der Waals surface area (Å²) in [4.78, 5) is 14.7. The van der Waals surface area contributed by atoms with Crippen molar-refractivity contribution in [2.45, 2.75) is 69.9 Å². The molecule has 1 aliphatic heterocycles. The minimum absolute atomic E-state index is 0.186. The Morgan fingerprint density at radius 2 is 1.80 bits per heavy atom. The van der Waals surface area contributed by atoms with Crippen LogP contribution in [-0.4, -0.2) is 42.8 Å². The van der Waals surface area contributed by atoms with E-state index < -0.39 is 0 Å². The normalized spacial score (nSPS) is 28.1. The molecule has 0 aromatic heterocycles. The number of hydrogen-bond acceptors (Lipinski definition) is 2. The summed E-state index contributed by atoms with van der Waals surface area (Å²) < 4.78 is 5.45. The Bertz CT molecular complexity index is 316. The second kappa shape index (κ2) is 6.79. The molecule has 1 atom stereocenters. The van der Waals surface area contributed by atoms with E-state index in [1.807, 2.05) is 0 Å². The number of ether oxygens (including phenoxy) is 1. The molecule has 4 nitrogen and oxygen atoms in total. The summed E-state index contributed by atoms with van der Waals surface area (Å²) >= 11 is 0.